The summed E-state index contributed by atoms with van der Waals surface area (Å²) in [6.45, 7) is 6.41. The van der Waals surface area contributed by atoms with Gasteiger partial charge in [-0.05, 0) is 79.4 Å². The van der Waals surface area contributed by atoms with Gasteiger partial charge >= 0.3 is 10.4 Å². The van der Waals surface area contributed by atoms with Crippen molar-refractivity contribution >= 4 is 22.0 Å². The number of carbonyl (C=O) groups excluding carboxylic acids is 2. The standard InChI is InChI=1S/C24H38O7S/c1-14(5-4-10-31-32(28,29)30)17-6-7-18-22-19(13-21(27)24(17,18)3)23(2)9-8-16(25)11-15(23)12-20(22)26/h14-15,17-20,22,26H,4-13H2,1-3H3,(H,28,29,30)/t14-,15-,17-,18+,19+,20-,22+,23+,24-/m1/s1. The van der Waals surface area contributed by atoms with Crippen LogP contribution in [0, 0.1) is 46.3 Å². The Bertz CT molecular complexity index is 870. The number of hydrogen-bond acceptors (Lipinski definition) is 6. The van der Waals surface area contributed by atoms with Crippen LogP contribution in [0.25, 0.3) is 0 Å². The Morgan fingerprint density at radius 1 is 1.16 bits per heavy atom. The first-order valence-electron chi connectivity index (χ1n) is 12.2. The molecule has 9 atom stereocenters. The molecule has 0 heterocycles. The van der Waals surface area contributed by atoms with Crippen LogP contribution in [0.4, 0.5) is 0 Å². The molecule has 0 aromatic rings. The highest BCUT2D eigenvalue weighted by molar-refractivity contribution is 7.80. The van der Waals surface area contributed by atoms with Crippen molar-refractivity contribution in [3.63, 3.8) is 0 Å². The molecule has 0 unspecified atom stereocenters. The molecule has 0 aromatic carbocycles. The molecule has 7 nitrogen and oxygen atoms in total. The van der Waals surface area contributed by atoms with Gasteiger partial charge in [-0.2, -0.15) is 8.42 Å². The van der Waals surface area contributed by atoms with Crippen molar-refractivity contribution in [3.05, 3.63) is 0 Å². The van der Waals surface area contributed by atoms with E-state index in [1.165, 1.54) is 0 Å². The van der Waals surface area contributed by atoms with Gasteiger partial charge in [-0.3, -0.25) is 14.1 Å². The summed E-state index contributed by atoms with van der Waals surface area (Å²) in [7, 11) is -4.42. The monoisotopic (exact) mass is 470 g/mol. The maximum Gasteiger partial charge on any atom is 0.397 e. The van der Waals surface area contributed by atoms with Crippen molar-refractivity contribution in [3.8, 4) is 0 Å². The van der Waals surface area contributed by atoms with Gasteiger partial charge in [0.15, 0.2) is 0 Å². The minimum Gasteiger partial charge on any atom is -0.393 e. The van der Waals surface area contributed by atoms with E-state index in [9.17, 15) is 23.1 Å². The van der Waals surface area contributed by atoms with Crippen LogP contribution < -0.4 is 0 Å². The van der Waals surface area contributed by atoms with Crippen LogP contribution in [-0.2, 0) is 24.2 Å². The van der Waals surface area contributed by atoms with E-state index in [1.807, 2.05) is 0 Å². The fourth-order valence-corrected chi connectivity index (χ4v) is 8.77. The quantitative estimate of drug-likeness (QED) is 0.450. The molecule has 8 heteroatoms. The van der Waals surface area contributed by atoms with E-state index < -0.39 is 21.9 Å². The third-order valence-corrected chi connectivity index (χ3v) is 10.6. The number of hydrogen-bond donors (Lipinski definition) is 2. The molecule has 2 N–H and O–H groups in total. The molecule has 4 aliphatic carbocycles. The molecule has 4 rings (SSSR count). The van der Waals surface area contributed by atoms with E-state index in [-0.39, 0.29) is 53.3 Å². The van der Waals surface area contributed by atoms with Crippen LogP contribution in [0.15, 0.2) is 0 Å². The summed E-state index contributed by atoms with van der Waals surface area (Å²) in [5, 5.41) is 11.2. The number of carbonyl (C=O) groups is 2. The van der Waals surface area contributed by atoms with Gasteiger partial charge in [0, 0.05) is 24.7 Å². The average Bonchev–Trinajstić information content (AvgIpc) is 3.05. The lowest BCUT2D eigenvalue weighted by Crippen LogP contribution is -2.61. The second kappa shape index (κ2) is 8.43. The molecule has 0 spiro atoms. The highest BCUT2D eigenvalue weighted by Crippen LogP contribution is 2.67. The van der Waals surface area contributed by atoms with E-state index >= 15 is 0 Å². The Labute approximate surface area is 191 Å². The topological polar surface area (TPSA) is 118 Å². The Hall–Kier alpha value is -0.830. The van der Waals surface area contributed by atoms with Gasteiger partial charge in [0.25, 0.3) is 0 Å². The fourth-order valence-electron chi connectivity index (χ4n) is 8.44. The SMILES string of the molecule is C[C@H](CCCOS(=O)(=O)O)[C@H]1CC[C@H]2[C@@H]3[C@H](O)C[C@H]4CC(=O)CC[C@]4(C)[C@H]3CC(=O)[C@]12C. The number of fused-ring (bicyclic) bond motifs is 5. The zero-order valence-corrected chi connectivity index (χ0v) is 20.3. The molecule has 32 heavy (non-hydrogen) atoms. The molecular formula is C24H38O7S. The Kier molecular flexibility index (Phi) is 6.40. The zero-order valence-electron chi connectivity index (χ0n) is 19.5. The van der Waals surface area contributed by atoms with Crippen LogP contribution >= 0.6 is 0 Å². The van der Waals surface area contributed by atoms with Crippen LogP contribution in [0.1, 0.15) is 78.6 Å². The summed E-state index contributed by atoms with van der Waals surface area (Å²) >= 11 is 0. The van der Waals surface area contributed by atoms with Gasteiger partial charge in [-0.1, -0.05) is 20.8 Å². The molecule has 0 saturated heterocycles. The molecule has 4 saturated carbocycles. The predicted octanol–water partition coefficient (Wildman–Crippen LogP) is 3.60. The van der Waals surface area contributed by atoms with Gasteiger partial charge in [0.2, 0.25) is 0 Å². The maximum atomic E-state index is 13.7. The van der Waals surface area contributed by atoms with E-state index in [0.29, 0.717) is 44.3 Å². The van der Waals surface area contributed by atoms with Crippen LogP contribution in [0.2, 0.25) is 0 Å². The summed E-state index contributed by atoms with van der Waals surface area (Å²) in [6, 6.07) is 0. The van der Waals surface area contributed by atoms with Gasteiger partial charge in [0.05, 0.1) is 12.7 Å². The lowest BCUT2D eigenvalue weighted by Gasteiger charge is -2.61. The third kappa shape index (κ3) is 3.99. The van der Waals surface area contributed by atoms with Crippen molar-refractivity contribution < 1.29 is 31.8 Å². The summed E-state index contributed by atoms with van der Waals surface area (Å²) in [6.07, 6.45) is 5.73. The first kappa shape index (κ1) is 24.3. The van der Waals surface area contributed by atoms with Crippen molar-refractivity contribution in [1.82, 2.24) is 0 Å². The number of aliphatic hydroxyl groups is 1. The molecule has 0 aromatic heterocycles. The molecule has 0 bridgehead atoms. The van der Waals surface area contributed by atoms with Crippen LogP contribution in [-0.4, -0.2) is 42.4 Å². The van der Waals surface area contributed by atoms with Crippen molar-refractivity contribution in [2.24, 2.45) is 46.3 Å². The maximum absolute atomic E-state index is 13.7. The zero-order chi connectivity index (χ0) is 23.5. The average molecular weight is 471 g/mol. The second-order valence-corrected chi connectivity index (χ2v) is 12.6. The second-order valence-electron chi connectivity index (χ2n) is 11.5. The highest BCUT2D eigenvalue weighted by atomic mass is 32.3. The van der Waals surface area contributed by atoms with Gasteiger partial charge < -0.3 is 5.11 Å². The molecule has 182 valence electrons. The first-order chi connectivity index (χ1) is 14.9. The van der Waals surface area contributed by atoms with Crippen LogP contribution in [0.5, 0.6) is 0 Å². The Balaban J connectivity index is 1.51. The Morgan fingerprint density at radius 3 is 2.56 bits per heavy atom. The predicted molar refractivity (Wildman–Crippen MR) is 118 cm³/mol. The molecule has 4 aliphatic rings. The summed E-state index contributed by atoms with van der Waals surface area (Å²) in [5.41, 5.74) is -0.523. The first-order valence-corrected chi connectivity index (χ1v) is 13.6. The minimum absolute atomic E-state index is 0.0500. The number of aliphatic hydroxyl groups excluding tert-OH is 1. The fraction of sp³-hybridized carbons (Fsp3) is 0.917. The molecule has 4 fully saturated rings. The van der Waals surface area contributed by atoms with E-state index in [1.54, 1.807) is 0 Å². The normalized spacial score (nSPS) is 45.2. The summed E-state index contributed by atoms with van der Waals surface area (Å²) in [4.78, 5) is 25.8. The van der Waals surface area contributed by atoms with E-state index in [4.69, 9.17) is 4.55 Å². The van der Waals surface area contributed by atoms with Crippen molar-refractivity contribution in [1.29, 1.82) is 0 Å². The highest BCUT2D eigenvalue weighted by Gasteiger charge is 2.65. The van der Waals surface area contributed by atoms with Crippen molar-refractivity contribution in [2.75, 3.05) is 6.61 Å². The molecular weight excluding hydrogens is 432 g/mol. The van der Waals surface area contributed by atoms with E-state index in [2.05, 4.69) is 25.0 Å². The lowest BCUT2D eigenvalue weighted by atomic mass is 9.43. The largest absolute Gasteiger partial charge is 0.397 e. The smallest absolute Gasteiger partial charge is 0.393 e. The Morgan fingerprint density at radius 2 is 1.88 bits per heavy atom. The lowest BCUT2D eigenvalue weighted by molar-refractivity contribution is -0.177. The molecule has 0 radical (unpaired) electrons. The number of ketones is 2. The third-order valence-electron chi connectivity index (χ3n) is 10.2. The van der Waals surface area contributed by atoms with Crippen LogP contribution in [0.3, 0.4) is 0 Å². The number of rotatable bonds is 6. The van der Waals surface area contributed by atoms with Crippen molar-refractivity contribution in [2.45, 2.75) is 84.7 Å². The van der Waals surface area contributed by atoms with E-state index in [0.717, 1.165) is 19.3 Å². The van der Waals surface area contributed by atoms with Gasteiger partial charge in [0.1, 0.15) is 11.6 Å². The van der Waals surface area contributed by atoms with Gasteiger partial charge in [-0.25, -0.2) is 4.18 Å². The summed E-state index contributed by atoms with van der Waals surface area (Å²) < 4.78 is 34.7. The van der Waals surface area contributed by atoms with Gasteiger partial charge in [-0.15, -0.1) is 0 Å². The number of Topliss-reactive ketones (excluding diaryl/α,β-unsaturated/α-hetero) is 2. The molecule has 0 amide bonds. The molecule has 0 aliphatic heterocycles. The minimum atomic E-state index is -4.42. The summed E-state index contributed by atoms with van der Waals surface area (Å²) in [5.74, 6) is 1.58.